The van der Waals surface area contributed by atoms with E-state index in [0.717, 1.165) is 0 Å². The summed E-state index contributed by atoms with van der Waals surface area (Å²) in [7, 11) is 1.39. The van der Waals surface area contributed by atoms with Gasteiger partial charge in [0.2, 0.25) is 0 Å². The molecule has 30 heavy (non-hydrogen) atoms. The molecule has 0 aliphatic rings. The lowest BCUT2D eigenvalue weighted by molar-refractivity contribution is -0.123. The Balaban J connectivity index is 2.11. The minimum atomic E-state index is -0.869. The first-order valence-corrected chi connectivity index (χ1v) is 9.92. The fraction of sp³-hybridized carbons (Fsp3) is 0.250. The highest BCUT2D eigenvalue weighted by Gasteiger charge is 2.24. The van der Waals surface area contributed by atoms with E-state index in [1.807, 2.05) is 0 Å². The molecule has 3 N–H and O–H groups in total. The van der Waals surface area contributed by atoms with Gasteiger partial charge < -0.3 is 15.2 Å². The van der Waals surface area contributed by atoms with Crippen LogP contribution in [0, 0.1) is 5.92 Å². The van der Waals surface area contributed by atoms with Crippen LogP contribution in [0.4, 0.5) is 0 Å². The van der Waals surface area contributed by atoms with Crippen LogP contribution in [0.5, 0.6) is 11.5 Å². The number of nitrogens with one attached hydrogen (secondary N) is 2. The van der Waals surface area contributed by atoms with Gasteiger partial charge in [-0.3, -0.25) is 9.59 Å². The molecule has 2 amide bonds. The first-order valence-electron chi connectivity index (χ1n) is 8.79. The van der Waals surface area contributed by atoms with Crippen molar-refractivity contribution >= 4 is 52.8 Å². The fourth-order valence-corrected chi connectivity index (χ4v) is 3.00. The number of phenols is 1. The highest BCUT2D eigenvalue weighted by atomic mass is 35.5. The van der Waals surface area contributed by atoms with Gasteiger partial charge in [0.05, 0.1) is 23.4 Å². The van der Waals surface area contributed by atoms with E-state index < -0.39 is 17.9 Å². The first-order chi connectivity index (χ1) is 14.1. The molecule has 0 bridgehead atoms. The van der Waals surface area contributed by atoms with Crippen molar-refractivity contribution in [2.45, 2.75) is 19.9 Å². The molecule has 0 saturated carbocycles. The number of phenolic OH excluding ortho intramolecular Hbond substituents is 1. The van der Waals surface area contributed by atoms with Crippen LogP contribution in [0.1, 0.15) is 29.8 Å². The number of ether oxygens (including phenoxy) is 1. The number of amides is 2. The number of methoxy groups -OCH3 is 1. The predicted octanol–water partition coefficient (Wildman–Crippen LogP) is 4.27. The standard InChI is InChI=1S/C20H20Cl3N3O4/c1-10(2)17(25-19(28)11-4-5-14(22)15(23)7-11)20(29)26-24-9-12-6-13(21)8-16(30-3)18(12)27/h4-10,17,27H,1-3H3,(H,25,28)(H,26,29). The van der Waals surface area contributed by atoms with Crippen molar-refractivity contribution < 1.29 is 19.4 Å². The molecule has 7 nitrogen and oxygen atoms in total. The Morgan fingerprint density at radius 3 is 2.43 bits per heavy atom. The molecule has 1 unspecified atom stereocenters. The number of hydrazone groups is 1. The average Bonchev–Trinajstić information content (AvgIpc) is 2.69. The molecule has 2 aromatic rings. The van der Waals surface area contributed by atoms with Crippen molar-refractivity contribution in [3.05, 3.63) is 56.5 Å². The molecule has 10 heteroatoms. The molecule has 0 heterocycles. The van der Waals surface area contributed by atoms with Gasteiger partial charge in [0.25, 0.3) is 11.8 Å². The van der Waals surface area contributed by atoms with Crippen molar-refractivity contribution in [1.82, 2.24) is 10.7 Å². The second-order valence-corrected chi connectivity index (χ2v) is 7.86. The molecule has 0 aliphatic heterocycles. The van der Waals surface area contributed by atoms with Gasteiger partial charge in [-0.1, -0.05) is 48.7 Å². The van der Waals surface area contributed by atoms with Crippen LogP contribution in [-0.4, -0.2) is 36.3 Å². The van der Waals surface area contributed by atoms with E-state index >= 15 is 0 Å². The summed E-state index contributed by atoms with van der Waals surface area (Å²) in [5.74, 6) is -1.25. The number of hydrogen-bond acceptors (Lipinski definition) is 5. The lowest BCUT2D eigenvalue weighted by atomic mass is 10.0. The molecule has 160 valence electrons. The van der Waals surface area contributed by atoms with Crippen LogP contribution in [0.15, 0.2) is 35.4 Å². The summed E-state index contributed by atoms with van der Waals surface area (Å²) in [4.78, 5) is 25.0. The predicted molar refractivity (Wildman–Crippen MR) is 118 cm³/mol. The molecule has 1 atom stereocenters. The zero-order valence-electron chi connectivity index (χ0n) is 16.4. The third-order valence-corrected chi connectivity index (χ3v) is 5.04. The van der Waals surface area contributed by atoms with Gasteiger partial charge in [-0.05, 0) is 30.2 Å². The molecule has 2 aromatic carbocycles. The van der Waals surface area contributed by atoms with Gasteiger partial charge in [-0.15, -0.1) is 0 Å². The lowest BCUT2D eigenvalue weighted by Gasteiger charge is -2.20. The number of rotatable bonds is 7. The lowest BCUT2D eigenvalue weighted by Crippen LogP contribution is -2.48. The average molecular weight is 473 g/mol. The summed E-state index contributed by atoms with van der Waals surface area (Å²) in [6.45, 7) is 3.55. The number of aromatic hydroxyl groups is 1. The Bertz CT molecular complexity index is 980. The van der Waals surface area contributed by atoms with Gasteiger partial charge >= 0.3 is 0 Å². The summed E-state index contributed by atoms with van der Waals surface area (Å²) in [6.07, 6.45) is 1.22. The summed E-state index contributed by atoms with van der Waals surface area (Å²) in [5, 5.41) is 17.5. The van der Waals surface area contributed by atoms with Crippen LogP contribution in [-0.2, 0) is 4.79 Å². The number of halogens is 3. The number of carbonyl (C=O) groups is 2. The van der Waals surface area contributed by atoms with Crippen LogP contribution in [0.2, 0.25) is 15.1 Å². The molecule has 0 aromatic heterocycles. The summed E-state index contributed by atoms with van der Waals surface area (Å²) in [5.41, 5.74) is 2.86. The maximum atomic E-state index is 12.5. The van der Waals surface area contributed by atoms with Gasteiger partial charge in [-0.25, -0.2) is 5.43 Å². The third kappa shape index (κ3) is 6.01. The maximum Gasteiger partial charge on any atom is 0.262 e. The van der Waals surface area contributed by atoms with Crippen molar-refractivity contribution in [2.75, 3.05) is 7.11 Å². The summed E-state index contributed by atoms with van der Waals surface area (Å²) in [6, 6.07) is 6.46. The van der Waals surface area contributed by atoms with E-state index in [9.17, 15) is 14.7 Å². The number of carbonyl (C=O) groups excluding carboxylic acids is 2. The smallest absolute Gasteiger partial charge is 0.262 e. The Morgan fingerprint density at radius 2 is 1.83 bits per heavy atom. The monoisotopic (exact) mass is 471 g/mol. The first kappa shape index (κ1) is 23.8. The van der Waals surface area contributed by atoms with Crippen LogP contribution in [0.3, 0.4) is 0 Å². The number of nitrogens with zero attached hydrogens (tertiary/aromatic N) is 1. The van der Waals surface area contributed by atoms with Crippen molar-refractivity contribution in [2.24, 2.45) is 11.0 Å². The Hall–Kier alpha value is -2.48. The second-order valence-electron chi connectivity index (χ2n) is 6.60. The van der Waals surface area contributed by atoms with Gasteiger partial charge in [-0.2, -0.15) is 5.10 Å². The third-order valence-electron chi connectivity index (χ3n) is 4.09. The van der Waals surface area contributed by atoms with Gasteiger partial charge in [0.1, 0.15) is 6.04 Å². The Morgan fingerprint density at radius 1 is 1.13 bits per heavy atom. The fourth-order valence-electron chi connectivity index (χ4n) is 2.48. The molecule has 0 fully saturated rings. The molecule has 0 radical (unpaired) electrons. The molecule has 2 rings (SSSR count). The molecule has 0 saturated heterocycles. The van der Waals surface area contributed by atoms with Gasteiger partial charge in [0, 0.05) is 22.2 Å². The minimum absolute atomic E-state index is 0.171. The van der Waals surface area contributed by atoms with Crippen LogP contribution in [0.25, 0.3) is 0 Å². The van der Waals surface area contributed by atoms with Crippen molar-refractivity contribution in [3.8, 4) is 11.5 Å². The van der Waals surface area contributed by atoms with Crippen LogP contribution < -0.4 is 15.5 Å². The molecule has 0 aliphatic carbocycles. The summed E-state index contributed by atoms with van der Waals surface area (Å²) < 4.78 is 5.02. The molecule has 0 spiro atoms. The normalized spacial score (nSPS) is 12.1. The summed E-state index contributed by atoms with van der Waals surface area (Å²) >= 11 is 17.8. The van der Waals surface area contributed by atoms with Gasteiger partial charge in [0.15, 0.2) is 11.5 Å². The van der Waals surface area contributed by atoms with E-state index in [1.54, 1.807) is 13.8 Å². The zero-order valence-corrected chi connectivity index (χ0v) is 18.6. The van der Waals surface area contributed by atoms with E-state index in [0.29, 0.717) is 10.0 Å². The van der Waals surface area contributed by atoms with E-state index in [1.165, 1.54) is 43.7 Å². The number of hydrogen-bond donors (Lipinski definition) is 3. The van der Waals surface area contributed by atoms with Crippen LogP contribution >= 0.6 is 34.8 Å². The number of benzene rings is 2. The topological polar surface area (TPSA) is 100 Å². The SMILES string of the molecule is COc1cc(Cl)cc(C=NNC(=O)C(NC(=O)c2ccc(Cl)c(Cl)c2)C(C)C)c1O. The highest BCUT2D eigenvalue weighted by Crippen LogP contribution is 2.32. The van der Waals surface area contributed by atoms with E-state index in [4.69, 9.17) is 39.5 Å². The van der Waals surface area contributed by atoms with E-state index in [-0.39, 0.29) is 33.6 Å². The highest BCUT2D eigenvalue weighted by molar-refractivity contribution is 6.42. The Kier molecular flexibility index (Phi) is 8.34. The van der Waals surface area contributed by atoms with E-state index in [2.05, 4.69) is 15.8 Å². The zero-order chi connectivity index (χ0) is 22.4. The molecular weight excluding hydrogens is 453 g/mol. The van der Waals surface area contributed by atoms with Crippen molar-refractivity contribution in [1.29, 1.82) is 0 Å². The van der Waals surface area contributed by atoms with Crippen molar-refractivity contribution in [3.63, 3.8) is 0 Å². The maximum absolute atomic E-state index is 12.5. The molecular formula is C20H20Cl3N3O4. The largest absolute Gasteiger partial charge is 0.504 e. The quantitative estimate of drug-likeness (QED) is 0.414. The minimum Gasteiger partial charge on any atom is -0.504 e. The Labute approximate surface area is 189 Å². The second kappa shape index (κ2) is 10.5.